The predicted molar refractivity (Wildman–Crippen MR) is 126 cm³/mol. The zero-order chi connectivity index (χ0) is 22.9. The molecule has 3 rings (SSSR count). The van der Waals surface area contributed by atoms with Gasteiger partial charge in [0.15, 0.2) is 17.5 Å². The summed E-state index contributed by atoms with van der Waals surface area (Å²) in [6.45, 7) is 10.5. The number of methoxy groups -OCH3 is 1. The van der Waals surface area contributed by atoms with Crippen LogP contribution in [0, 0.1) is 19.8 Å². The van der Waals surface area contributed by atoms with Crippen LogP contribution in [0.15, 0.2) is 33.7 Å². The van der Waals surface area contributed by atoms with Crippen molar-refractivity contribution < 1.29 is 13.9 Å². The lowest BCUT2D eigenvalue weighted by atomic mass is 9.97. The van der Waals surface area contributed by atoms with E-state index in [1.165, 1.54) is 0 Å². The van der Waals surface area contributed by atoms with Gasteiger partial charge in [-0.2, -0.15) is 0 Å². The quantitative estimate of drug-likeness (QED) is 0.455. The van der Waals surface area contributed by atoms with Gasteiger partial charge in [-0.3, -0.25) is 9.89 Å². The van der Waals surface area contributed by atoms with Gasteiger partial charge in [-0.1, -0.05) is 12.1 Å². The second-order valence-electron chi connectivity index (χ2n) is 8.38. The van der Waals surface area contributed by atoms with Crippen molar-refractivity contribution in [3.8, 4) is 11.5 Å². The molecule has 0 spiro atoms. The van der Waals surface area contributed by atoms with Crippen LogP contribution in [0.25, 0.3) is 0 Å². The number of para-hydroxylation sites is 2. The van der Waals surface area contributed by atoms with Crippen LogP contribution >= 0.6 is 0 Å². The fourth-order valence-corrected chi connectivity index (χ4v) is 3.82. The Bertz CT molecular complexity index is 855. The molecule has 1 aromatic heterocycles. The van der Waals surface area contributed by atoms with Gasteiger partial charge in [-0.25, -0.2) is 4.98 Å². The molecule has 32 heavy (non-hydrogen) atoms. The highest BCUT2D eigenvalue weighted by Gasteiger charge is 2.21. The summed E-state index contributed by atoms with van der Waals surface area (Å²) in [7, 11) is 3.45. The van der Waals surface area contributed by atoms with Gasteiger partial charge in [0.1, 0.15) is 11.9 Å². The van der Waals surface area contributed by atoms with Crippen LogP contribution in [-0.2, 0) is 6.54 Å². The van der Waals surface area contributed by atoms with Crippen molar-refractivity contribution in [3.63, 3.8) is 0 Å². The van der Waals surface area contributed by atoms with Crippen LogP contribution in [0.4, 0.5) is 0 Å². The molecule has 1 atom stereocenters. The van der Waals surface area contributed by atoms with Crippen molar-refractivity contribution in [2.24, 2.45) is 10.9 Å². The third-order valence-electron chi connectivity index (χ3n) is 5.87. The Morgan fingerprint density at radius 2 is 1.94 bits per heavy atom. The maximum atomic E-state index is 6.01. The summed E-state index contributed by atoms with van der Waals surface area (Å²) in [6, 6.07) is 7.69. The average Bonchev–Trinajstić information content (AvgIpc) is 3.11. The minimum Gasteiger partial charge on any atom is -0.493 e. The smallest absolute Gasteiger partial charge is 0.208 e. The van der Waals surface area contributed by atoms with E-state index >= 15 is 0 Å². The van der Waals surface area contributed by atoms with Gasteiger partial charge >= 0.3 is 0 Å². The maximum Gasteiger partial charge on any atom is 0.208 e. The Labute approximate surface area is 191 Å². The van der Waals surface area contributed by atoms with E-state index in [4.69, 9.17) is 13.9 Å². The highest BCUT2D eigenvalue weighted by molar-refractivity contribution is 5.79. The molecule has 0 amide bonds. The monoisotopic (exact) mass is 443 g/mol. The predicted octanol–water partition coefficient (Wildman–Crippen LogP) is 3.14. The number of oxazole rings is 1. The number of aromatic nitrogens is 1. The summed E-state index contributed by atoms with van der Waals surface area (Å²) in [6.07, 6.45) is 2.27. The Kier molecular flexibility index (Phi) is 8.79. The van der Waals surface area contributed by atoms with Gasteiger partial charge in [-0.05, 0) is 64.8 Å². The molecule has 1 aliphatic heterocycles. The first-order valence-corrected chi connectivity index (χ1v) is 11.4. The highest BCUT2D eigenvalue weighted by atomic mass is 16.5. The third-order valence-corrected chi connectivity index (χ3v) is 5.87. The van der Waals surface area contributed by atoms with Gasteiger partial charge < -0.3 is 24.5 Å². The number of guanidine groups is 1. The van der Waals surface area contributed by atoms with Crippen LogP contribution in [0.5, 0.6) is 11.5 Å². The average molecular weight is 444 g/mol. The number of likely N-dealkylation sites (tertiary alicyclic amines) is 1. The molecule has 1 aromatic carbocycles. The van der Waals surface area contributed by atoms with Gasteiger partial charge in [0, 0.05) is 13.6 Å². The van der Waals surface area contributed by atoms with Crippen molar-refractivity contribution >= 4 is 5.96 Å². The molecule has 1 unspecified atom stereocenters. The molecule has 0 radical (unpaired) electrons. The Hall–Kier alpha value is -2.74. The minimum absolute atomic E-state index is 0.0319. The highest BCUT2D eigenvalue weighted by Crippen LogP contribution is 2.26. The van der Waals surface area contributed by atoms with E-state index in [-0.39, 0.29) is 6.10 Å². The van der Waals surface area contributed by atoms with Gasteiger partial charge in [0.25, 0.3) is 0 Å². The Morgan fingerprint density at radius 3 is 2.56 bits per heavy atom. The van der Waals surface area contributed by atoms with E-state index in [0.29, 0.717) is 12.5 Å². The van der Waals surface area contributed by atoms with Crippen molar-refractivity contribution in [1.29, 1.82) is 0 Å². The first kappa shape index (κ1) is 23.9. The number of aryl methyl sites for hydroxylation is 2. The molecule has 2 aromatic rings. The largest absolute Gasteiger partial charge is 0.493 e. The summed E-state index contributed by atoms with van der Waals surface area (Å²) < 4.78 is 17.1. The first-order valence-electron chi connectivity index (χ1n) is 11.4. The number of hydrogen-bond acceptors (Lipinski definition) is 6. The standard InChI is InChI=1S/C24H37N5O3/c1-17(31-22-9-7-6-8-21(22)30-5)14-26-24(25-4)27-15-20-10-12-29(13-11-20)16-23-28-18(2)19(3)32-23/h6-9,17,20H,10-16H2,1-5H3,(H2,25,26,27). The normalized spacial score (nSPS) is 16.6. The van der Waals surface area contributed by atoms with Crippen LogP contribution in [0.3, 0.4) is 0 Å². The lowest BCUT2D eigenvalue weighted by molar-refractivity contribution is 0.164. The Morgan fingerprint density at radius 1 is 1.22 bits per heavy atom. The van der Waals surface area contributed by atoms with E-state index < -0.39 is 0 Å². The second-order valence-corrected chi connectivity index (χ2v) is 8.38. The molecule has 0 aliphatic carbocycles. The molecule has 1 fully saturated rings. The fourth-order valence-electron chi connectivity index (χ4n) is 3.82. The number of benzene rings is 1. The van der Waals surface area contributed by atoms with Gasteiger partial charge in [0.2, 0.25) is 5.89 Å². The van der Waals surface area contributed by atoms with Crippen LogP contribution < -0.4 is 20.1 Å². The lowest BCUT2D eigenvalue weighted by Crippen LogP contribution is -2.45. The molecule has 2 heterocycles. The lowest BCUT2D eigenvalue weighted by Gasteiger charge is -2.31. The van der Waals surface area contributed by atoms with Crippen molar-refractivity contribution in [2.75, 3.05) is 40.3 Å². The number of aliphatic imine (C=N–C) groups is 1. The van der Waals surface area contributed by atoms with Crippen molar-refractivity contribution in [2.45, 2.75) is 46.3 Å². The molecular formula is C24H37N5O3. The molecule has 176 valence electrons. The summed E-state index contributed by atoms with van der Waals surface area (Å²) in [4.78, 5) is 11.3. The van der Waals surface area contributed by atoms with Gasteiger partial charge in [-0.15, -0.1) is 0 Å². The zero-order valence-electron chi connectivity index (χ0n) is 20.0. The zero-order valence-corrected chi connectivity index (χ0v) is 20.0. The van der Waals surface area contributed by atoms with Crippen LogP contribution in [-0.4, -0.2) is 62.3 Å². The van der Waals surface area contributed by atoms with Crippen LogP contribution in [0.2, 0.25) is 0 Å². The maximum absolute atomic E-state index is 6.01. The molecule has 8 nitrogen and oxygen atoms in total. The number of hydrogen-bond donors (Lipinski definition) is 2. The molecule has 1 saturated heterocycles. The van der Waals surface area contributed by atoms with E-state index in [0.717, 1.165) is 73.8 Å². The molecular weight excluding hydrogens is 406 g/mol. The number of ether oxygens (including phenoxy) is 2. The number of nitrogens with zero attached hydrogens (tertiary/aromatic N) is 3. The van der Waals surface area contributed by atoms with E-state index in [1.54, 1.807) is 14.2 Å². The number of nitrogens with one attached hydrogen (secondary N) is 2. The van der Waals surface area contributed by atoms with E-state index in [1.807, 2.05) is 45.0 Å². The van der Waals surface area contributed by atoms with Gasteiger partial charge in [0.05, 0.1) is 25.9 Å². The summed E-state index contributed by atoms with van der Waals surface area (Å²) in [5.74, 6) is 4.65. The molecule has 2 N–H and O–H groups in total. The molecule has 0 bridgehead atoms. The topological polar surface area (TPSA) is 84.2 Å². The second kappa shape index (κ2) is 11.8. The first-order chi connectivity index (χ1) is 15.5. The molecule has 8 heteroatoms. The van der Waals surface area contributed by atoms with E-state index in [2.05, 4.69) is 25.5 Å². The number of piperidine rings is 1. The summed E-state index contributed by atoms with van der Waals surface area (Å²) in [5.41, 5.74) is 0.987. The fraction of sp³-hybridized carbons (Fsp3) is 0.583. The Balaban J connectivity index is 1.35. The van der Waals surface area contributed by atoms with Crippen molar-refractivity contribution in [3.05, 3.63) is 41.6 Å². The summed E-state index contributed by atoms with van der Waals surface area (Å²) >= 11 is 0. The summed E-state index contributed by atoms with van der Waals surface area (Å²) in [5, 5.41) is 6.82. The third kappa shape index (κ3) is 6.88. The number of rotatable bonds is 9. The SMILES string of the molecule is CN=C(NCC1CCN(Cc2nc(C)c(C)o2)CC1)NCC(C)Oc1ccccc1OC. The van der Waals surface area contributed by atoms with Crippen molar-refractivity contribution in [1.82, 2.24) is 20.5 Å². The minimum atomic E-state index is -0.0319. The molecule has 1 aliphatic rings. The van der Waals surface area contributed by atoms with E-state index in [9.17, 15) is 0 Å². The molecule has 0 saturated carbocycles. The van der Waals surface area contributed by atoms with Crippen LogP contribution in [0.1, 0.15) is 37.1 Å².